The summed E-state index contributed by atoms with van der Waals surface area (Å²) in [7, 11) is 1.33. The monoisotopic (exact) mass is 268 g/mol. The van der Waals surface area contributed by atoms with Crippen LogP contribution in [0.2, 0.25) is 5.15 Å². The highest BCUT2D eigenvalue weighted by Gasteiger charge is 2.35. The molecule has 1 fully saturated rings. The van der Waals surface area contributed by atoms with E-state index in [1.165, 1.54) is 24.3 Å². The lowest BCUT2D eigenvalue weighted by atomic mass is 10.2. The van der Waals surface area contributed by atoms with Gasteiger partial charge in [-0.3, -0.25) is 4.79 Å². The predicted octanol–water partition coefficient (Wildman–Crippen LogP) is 1.51. The van der Waals surface area contributed by atoms with Gasteiger partial charge in [0.1, 0.15) is 11.2 Å². The summed E-state index contributed by atoms with van der Waals surface area (Å²) in [5, 5.41) is 0.259. The van der Waals surface area contributed by atoms with Gasteiger partial charge in [-0.25, -0.2) is 9.78 Å². The van der Waals surface area contributed by atoms with Crippen molar-refractivity contribution < 1.29 is 14.3 Å². The van der Waals surface area contributed by atoms with Crippen molar-refractivity contribution in [1.29, 1.82) is 0 Å². The molecule has 2 heterocycles. The van der Waals surface area contributed by atoms with E-state index in [-0.39, 0.29) is 17.0 Å². The van der Waals surface area contributed by atoms with Crippen LogP contribution in [0.5, 0.6) is 0 Å². The zero-order valence-corrected chi connectivity index (χ0v) is 10.7. The maximum Gasteiger partial charge on any atom is 0.328 e. The Kier molecular flexibility index (Phi) is 3.81. The number of hydrogen-bond donors (Lipinski definition) is 0. The molecule has 1 aliphatic rings. The van der Waals surface area contributed by atoms with Gasteiger partial charge in [-0.05, 0) is 25.0 Å². The smallest absolute Gasteiger partial charge is 0.328 e. The Bertz CT molecular complexity index is 478. The van der Waals surface area contributed by atoms with Crippen molar-refractivity contribution in [3.8, 4) is 0 Å². The topological polar surface area (TPSA) is 59.5 Å². The Balaban J connectivity index is 2.20. The Morgan fingerprint density at radius 3 is 3.00 bits per heavy atom. The minimum Gasteiger partial charge on any atom is -0.467 e. The van der Waals surface area contributed by atoms with E-state index in [2.05, 4.69) is 4.98 Å². The van der Waals surface area contributed by atoms with Gasteiger partial charge in [0.2, 0.25) is 0 Å². The largest absolute Gasteiger partial charge is 0.467 e. The lowest BCUT2D eigenvalue weighted by Gasteiger charge is -2.22. The number of ether oxygens (including phenoxy) is 1. The van der Waals surface area contributed by atoms with E-state index >= 15 is 0 Å². The SMILES string of the molecule is COC(=O)C1CCCN1C(=O)c1ccnc(Cl)c1. The standard InChI is InChI=1S/C12H13ClN2O3/c1-18-12(17)9-3-2-6-15(9)11(16)8-4-5-14-10(13)7-8/h4-5,7,9H,2-3,6H2,1H3. The fraction of sp³-hybridized carbons (Fsp3) is 0.417. The van der Waals surface area contributed by atoms with Crippen molar-refractivity contribution >= 4 is 23.5 Å². The average Bonchev–Trinajstić information content (AvgIpc) is 2.86. The molecule has 6 heteroatoms. The molecule has 0 bridgehead atoms. The molecule has 1 aromatic rings. The van der Waals surface area contributed by atoms with E-state index in [1.807, 2.05) is 0 Å². The summed E-state index contributed by atoms with van der Waals surface area (Å²) in [6, 6.07) is 2.59. The minimum atomic E-state index is -0.491. The maximum atomic E-state index is 12.3. The van der Waals surface area contributed by atoms with Crippen molar-refractivity contribution in [2.45, 2.75) is 18.9 Å². The first-order valence-corrected chi connectivity index (χ1v) is 6.01. The number of aromatic nitrogens is 1. The van der Waals surface area contributed by atoms with Crippen LogP contribution in [-0.2, 0) is 9.53 Å². The van der Waals surface area contributed by atoms with E-state index in [1.54, 1.807) is 6.07 Å². The third kappa shape index (κ3) is 2.46. The third-order valence-electron chi connectivity index (χ3n) is 2.96. The Morgan fingerprint density at radius 2 is 2.33 bits per heavy atom. The van der Waals surface area contributed by atoms with Gasteiger partial charge in [0.15, 0.2) is 0 Å². The highest BCUT2D eigenvalue weighted by atomic mass is 35.5. The summed E-state index contributed by atoms with van der Waals surface area (Å²) >= 11 is 5.75. The summed E-state index contributed by atoms with van der Waals surface area (Å²) in [6.45, 7) is 0.554. The normalized spacial score (nSPS) is 18.8. The van der Waals surface area contributed by atoms with Crippen LogP contribution in [0.4, 0.5) is 0 Å². The molecule has 1 amide bonds. The number of esters is 1. The van der Waals surface area contributed by atoms with E-state index < -0.39 is 6.04 Å². The zero-order valence-electron chi connectivity index (χ0n) is 9.93. The van der Waals surface area contributed by atoms with Gasteiger partial charge in [-0.1, -0.05) is 11.6 Å². The first-order chi connectivity index (χ1) is 8.63. The molecule has 0 aromatic carbocycles. The lowest BCUT2D eigenvalue weighted by Crippen LogP contribution is -2.41. The molecule has 0 radical (unpaired) electrons. The second kappa shape index (κ2) is 5.35. The van der Waals surface area contributed by atoms with Crippen LogP contribution in [0, 0.1) is 0 Å². The van der Waals surface area contributed by atoms with Gasteiger partial charge in [0, 0.05) is 18.3 Å². The van der Waals surface area contributed by atoms with Gasteiger partial charge < -0.3 is 9.64 Å². The van der Waals surface area contributed by atoms with Gasteiger partial charge in [-0.2, -0.15) is 0 Å². The third-order valence-corrected chi connectivity index (χ3v) is 3.17. The Morgan fingerprint density at radius 1 is 1.56 bits per heavy atom. The number of carbonyl (C=O) groups is 2. The molecule has 0 N–H and O–H groups in total. The molecule has 1 saturated heterocycles. The van der Waals surface area contributed by atoms with E-state index in [0.29, 0.717) is 18.5 Å². The molecule has 5 nitrogen and oxygen atoms in total. The van der Waals surface area contributed by atoms with Crippen LogP contribution in [0.15, 0.2) is 18.3 Å². The van der Waals surface area contributed by atoms with Crippen LogP contribution in [0.3, 0.4) is 0 Å². The van der Waals surface area contributed by atoms with Crippen molar-refractivity contribution in [2.75, 3.05) is 13.7 Å². The van der Waals surface area contributed by atoms with Crippen molar-refractivity contribution in [3.63, 3.8) is 0 Å². The molecule has 0 saturated carbocycles. The fourth-order valence-corrected chi connectivity index (χ4v) is 2.27. The molecule has 1 atom stereocenters. The zero-order chi connectivity index (χ0) is 13.1. The van der Waals surface area contributed by atoms with Crippen LogP contribution in [0.1, 0.15) is 23.2 Å². The summed E-state index contributed by atoms with van der Waals surface area (Å²) in [6.07, 6.45) is 2.90. The number of hydrogen-bond acceptors (Lipinski definition) is 4. The van der Waals surface area contributed by atoms with Gasteiger partial charge in [0.05, 0.1) is 7.11 Å². The molecule has 96 valence electrons. The fourth-order valence-electron chi connectivity index (χ4n) is 2.09. The van der Waals surface area contributed by atoms with Gasteiger partial charge >= 0.3 is 5.97 Å². The molecular weight excluding hydrogens is 256 g/mol. The number of halogens is 1. The summed E-state index contributed by atoms with van der Waals surface area (Å²) in [4.78, 5) is 29.2. The molecule has 2 rings (SSSR count). The first-order valence-electron chi connectivity index (χ1n) is 5.64. The number of pyridine rings is 1. The molecule has 1 aliphatic heterocycles. The predicted molar refractivity (Wildman–Crippen MR) is 65.3 cm³/mol. The van der Waals surface area contributed by atoms with Crippen LogP contribution < -0.4 is 0 Å². The molecule has 18 heavy (non-hydrogen) atoms. The van der Waals surface area contributed by atoms with Crippen molar-refractivity contribution in [1.82, 2.24) is 9.88 Å². The second-order valence-electron chi connectivity index (χ2n) is 4.05. The molecule has 1 aromatic heterocycles. The second-order valence-corrected chi connectivity index (χ2v) is 4.43. The van der Waals surface area contributed by atoms with E-state index in [9.17, 15) is 9.59 Å². The van der Waals surface area contributed by atoms with Gasteiger partial charge in [-0.15, -0.1) is 0 Å². The number of methoxy groups -OCH3 is 1. The summed E-state index contributed by atoms with van der Waals surface area (Å²) < 4.78 is 4.70. The number of carbonyl (C=O) groups excluding carboxylic acids is 2. The minimum absolute atomic E-state index is 0.216. The van der Waals surface area contributed by atoms with E-state index in [0.717, 1.165) is 6.42 Å². The highest BCUT2D eigenvalue weighted by molar-refractivity contribution is 6.29. The lowest BCUT2D eigenvalue weighted by molar-refractivity contribution is -0.145. The van der Waals surface area contributed by atoms with Crippen LogP contribution in [-0.4, -0.2) is 41.5 Å². The Hall–Kier alpha value is -1.62. The van der Waals surface area contributed by atoms with Crippen molar-refractivity contribution in [2.24, 2.45) is 0 Å². The number of nitrogens with zero attached hydrogens (tertiary/aromatic N) is 2. The summed E-state index contributed by atoms with van der Waals surface area (Å²) in [5.74, 6) is -0.590. The molecular formula is C12H13ClN2O3. The maximum absolute atomic E-state index is 12.3. The molecule has 1 unspecified atom stereocenters. The van der Waals surface area contributed by atoms with E-state index in [4.69, 9.17) is 16.3 Å². The number of amides is 1. The Labute approximate surface area is 110 Å². The number of rotatable bonds is 2. The highest BCUT2D eigenvalue weighted by Crippen LogP contribution is 2.21. The molecule has 0 spiro atoms. The molecule has 0 aliphatic carbocycles. The van der Waals surface area contributed by atoms with Gasteiger partial charge in [0.25, 0.3) is 5.91 Å². The van der Waals surface area contributed by atoms with Crippen LogP contribution in [0.25, 0.3) is 0 Å². The summed E-state index contributed by atoms with van der Waals surface area (Å²) in [5.41, 5.74) is 0.436. The first kappa shape index (κ1) is 12.8. The van der Waals surface area contributed by atoms with Crippen molar-refractivity contribution in [3.05, 3.63) is 29.0 Å². The number of likely N-dealkylation sites (tertiary alicyclic amines) is 1. The van der Waals surface area contributed by atoms with Crippen LogP contribution >= 0.6 is 11.6 Å². The average molecular weight is 269 g/mol. The quantitative estimate of drug-likeness (QED) is 0.603.